The fourth-order valence-electron chi connectivity index (χ4n) is 1.75. The molecule has 3 rings (SSSR count). The molecule has 0 aliphatic carbocycles. The number of hydrogen-bond donors (Lipinski definition) is 2. The Morgan fingerprint density at radius 2 is 1.59 bits per heavy atom. The molecule has 1 heterocycles. The Labute approximate surface area is 96.7 Å². The van der Waals surface area contributed by atoms with Crippen LogP contribution in [-0.2, 0) is 0 Å². The molecule has 0 unspecified atom stereocenters. The average molecular weight is 227 g/mol. The minimum Gasteiger partial charge on any atom is -0.508 e. The molecule has 84 valence electrons. The molecule has 0 atom stereocenters. The number of rotatable bonds is 1. The molecule has 0 bridgehead atoms. The predicted octanol–water partition coefficient (Wildman–Crippen LogP) is 2.91. The summed E-state index contributed by atoms with van der Waals surface area (Å²) in [5, 5.41) is 23.3. The van der Waals surface area contributed by atoms with Crippen LogP contribution in [0.1, 0.15) is 0 Å². The van der Waals surface area contributed by atoms with Crippen LogP contribution in [0.3, 0.4) is 0 Å². The van der Waals surface area contributed by atoms with Crippen molar-refractivity contribution in [1.29, 1.82) is 0 Å². The molecular formula is C13H9NO3. The highest BCUT2D eigenvalue weighted by Crippen LogP contribution is 2.31. The van der Waals surface area contributed by atoms with E-state index in [0.29, 0.717) is 11.3 Å². The van der Waals surface area contributed by atoms with Gasteiger partial charge >= 0.3 is 0 Å². The minimum atomic E-state index is 0.167. The van der Waals surface area contributed by atoms with E-state index in [-0.39, 0.29) is 11.5 Å². The standard InChI is InChI=1S/C13H9NO3/c15-9-3-1-8(2-4-9)13-11-7-10(16)5-6-12(11)14-17-13/h1-7,15-16H. The van der Waals surface area contributed by atoms with Crippen LogP contribution in [0, 0.1) is 0 Å². The zero-order valence-corrected chi connectivity index (χ0v) is 8.79. The van der Waals surface area contributed by atoms with Gasteiger partial charge in [-0.2, -0.15) is 0 Å². The van der Waals surface area contributed by atoms with Crippen molar-refractivity contribution >= 4 is 10.9 Å². The first kappa shape index (κ1) is 9.72. The number of hydrogen-bond acceptors (Lipinski definition) is 4. The van der Waals surface area contributed by atoms with Gasteiger partial charge < -0.3 is 14.7 Å². The minimum absolute atomic E-state index is 0.167. The summed E-state index contributed by atoms with van der Waals surface area (Å²) >= 11 is 0. The third kappa shape index (κ3) is 1.59. The van der Waals surface area contributed by atoms with E-state index in [0.717, 1.165) is 10.9 Å². The molecule has 0 saturated carbocycles. The molecule has 0 saturated heterocycles. The van der Waals surface area contributed by atoms with Crippen molar-refractivity contribution in [3.63, 3.8) is 0 Å². The normalized spacial score (nSPS) is 10.8. The van der Waals surface area contributed by atoms with Crippen LogP contribution in [0.5, 0.6) is 11.5 Å². The number of fused-ring (bicyclic) bond motifs is 1. The van der Waals surface area contributed by atoms with Crippen LogP contribution < -0.4 is 0 Å². The van der Waals surface area contributed by atoms with Gasteiger partial charge in [-0.3, -0.25) is 0 Å². The summed E-state index contributed by atoms with van der Waals surface area (Å²) in [4.78, 5) is 0. The summed E-state index contributed by atoms with van der Waals surface area (Å²) in [6.07, 6.45) is 0. The summed E-state index contributed by atoms with van der Waals surface area (Å²) in [5.41, 5.74) is 1.49. The fourth-order valence-corrected chi connectivity index (χ4v) is 1.75. The molecule has 0 amide bonds. The van der Waals surface area contributed by atoms with Gasteiger partial charge in [0.15, 0.2) is 5.76 Å². The Morgan fingerprint density at radius 1 is 0.882 bits per heavy atom. The lowest BCUT2D eigenvalue weighted by atomic mass is 10.1. The van der Waals surface area contributed by atoms with E-state index in [2.05, 4.69) is 5.16 Å². The Kier molecular flexibility index (Phi) is 2.01. The molecule has 0 aliphatic rings. The lowest BCUT2D eigenvalue weighted by Crippen LogP contribution is -1.75. The molecule has 4 heteroatoms. The van der Waals surface area contributed by atoms with Gasteiger partial charge in [0.2, 0.25) is 0 Å². The fraction of sp³-hybridized carbons (Fsp3) is 0. The molecule has 0 spiro atoms. The highest BCUT2D eigenvalue weighted by Gasteiger charge is 2.11. The third-order valence-corrected chi connectivity index (χ3v) is 2.59. The van der Waals surface area contributed by atoms with E-state index in [1.807, 2.05) is 0 Å². The van der Waals surface area contributed by atoms with Crippen LogP contribution in [0.25, 0.3) is 22.2 Å². The quantitative estimate of drug-likeness (QED) is 0.670. The predicted molar refractivity (Wildman–Crippen MR) is 62.8 cm³/mol. The first-order valence-corrected chi connectivity index (χ1v) is 5.12. The van der Waals surface area contributed by atoms with Crippen molar-refractivity contribution in [1.82, 2.24) is 5.16 Å². The summed E-state index contributed by atoms with van der Waals surface area (Å²) in [5.74, 6) is 0.942. The average Bonchev–Trinajstić information content (AvgIpc) is 2.73. The maximum Gasteiger partial charge on any atom is 0.174 e. The summed E-state index contributed by atoms with van der Waals surface area (Å²) < 4.78 is 5.25. The molecule has 3 aromatic rings. The zero-order valence-electron chi connectivity index (χ0n) is 8.79. The van der Waals surface area contributed by atoms with Crippen molar-refractivity contribution in [2.45, 2.75) is 0 Å². The maximum atomic E-state index is 9.45. The second-order valence-corrected chi connectivity index (χ2v) is 3.76. The smallest absolute Gasteiger partial charge is 0.174 e. The van der Waals surface area contributed by atoms with E-state index in [4.69, 9.17) is 4.52 Å². The third-order valence-electron chi connectivity index (χ3n) is 2.59. The van der Waals surface area contributed by atoms with Crippen LogP contribution in [0.4, 0.5) is 0 Å². The summed E-state index contributed by atoms with van der Waals surface area (Å²) in [7, 11) is 0. The Morgan fingerprint density at radius 3 is 2.35 bits per heavy atom. The summed E-state index contributed by atoms with van der Waals surface area (Å²) in [6.45, 7) is 0. The molecular weight excluding hydrogens is 218 g/mol. The number of aromatic hydroxyl groups is 2. The van der Waals surface area contributed by atoms with Crippen LogP contribution in [0.15, 0.2) is 47.0 Å². The van der Waals surface area contributed by atoms with Crippen LogP contribution >= 0.6 is 0 Å². The highest BCUT2D eigenvalue weighted by atomic mass is 16.5. The first-order chi connectivity index (χ1) is 8.24. The van der Waals surface area contributed by atoms with E-state index in [1.54, 1.807) is 42.5 Å². The van der Waals surface area contributed by atoms with E-state index in [1.165, 1.54) is 0 Å². The molecule has 0 radical (unpaired) electrons. The number of benzene rings is 2. The summed E-state index contributed by atoms with van der Waals surface area (Å²) in [6, 6.07) is 11.5. The maximum absolute atomic E-state index is 9.45. The van der Waals surface area contributed by atoms with Crippen molar-refractivity contribution in [2.75, 3.05) is 0 Å². The van der Waals surface area contributed by atoms with Crippen LogP contribution in [0.2, 0.25) is 0 Å². The van der Waals surface area contributed by atoms with Gasteiger partial charge in [-0.05, 0) is 42.5 Å². The lowest BCUT2D eigenvalue weighted by molar-refractivity contribution is 0.440. The van der Waals surface area contributed by atoms with E-state index < -0.39 is 0 Å². The lowest BCUT2D eigenvalue weighted by Gasteiger charge is -1.97. The topological polar surface area (TPSA) is 66.5 Å². The van der Waals surface area contributed by atoms with E-state index >= 15 is 0 Å². The van der Waals surface area contributed by atoms with Gasteiger partial charge in [0, 0.05) is 5.56 Å². The Hall–Kier alpha value is -2.49. The van der Waals surface area contributed by atoms with E-state index in [9.17, 15) is 10.2 Å². The van der Waals surface area contributed by atoms with Gasteiger partial charge in [0.05, 0.1) is 5.39 Å². The zero-order chi connectivity index (χ0) is 11.8. The molecule has 1 aromatic heterocycles. The van der Waals surface area contributed by atoms with Crippen molar-refractivity contribution in [3.8, 4) is 22.8 Å². The van der Waals surface area contributed by atoms with Gasteiger partial charge in [-0.25, -0.2) is 0 Å². The second kappa shape index (κ2) is 3.52. The first-order valence-electron chi connectivity index (χ1n) is 5.12. The number of aromatic nitrogens is 1. The van der Waals surface area contributed by atoms with Gasteiger partial charge in [-0.15, -0.1) is 0 Å². The van der Waals surface area contributed by atoms with Gasteiger partial charge in [0.1, 0.15) is 17.0 Å². The number of phenols is 2. The number of phenolic OH excluding ortho intramolecular Hbond substituents is 2. The Bertz CT molecular complexity index is 671. The Balaban J connectivity index is 2.23. The SMILES string of the molecule is Oc1ccc(-c2onc3ccc(O)cc23)cc1. The highest BCUT2D eigenvalue weighted by molar-refractivity contribution is 5.92. The van der Waals surface area contributed by atoms with Crippen LogP contribution in [-0.4, -0.2) is 15.4 Å². The van der Waals surface area contributed by atoms with Crippen molar-refractivity contribution in [3.05, 3.63) is 42.5 Å². The van der Waals surface area contributed by atoms with Crippen molar-refractivity contribution in [2.24, 2.45) is 0 Å². The van der Waals surface area contributed by atoms with Gasteiger partial charge in [-0.1, -0.05) is 5.16 Å². The number of nitrogens with zero attached hydrogens (tertiary/aromatic N) is 1. The molecule has 0 fully saturated rings. The molecule has 2 N–H and O–H groups in total. The second-order valence-electron chi connectivity index (χ2n) is 3.76. The monoisotopic (exact) mass is 227 g/mol. The van der Waals surface area contributed by atoms with Crippen molar-refractivity contribution < 1.29 is 14.7 Å². The molecule has 17 heavy (non-hydrogen) atoms. The molecule has 4 nitrogen and oxygen atoms in total. The molecule has 0 aliphatic heterocycles. The van der Waals surface area contributed by atoms with Gasteiger partial charge in [0.25, 0.3) is 0 Å². The largest absolute Gasteiger partial charge is 0.508 e. The molecule has 2 aromatic carbocycles.